The Kier molecular flexibility index (Phi) is 4.31. The average Bonchev–Trinajstić information content (AvgIpc) is 2.19. The van der Waals surface area contributed by atoms with Gasteiger partial charge in [0.25, 0.3) is 6.43 Å². The normalized spacial score (nSPS) is 10.8. The number of nitrogens with two attached hydrogens (primary N) is 1. The maximum Gasteiger partial charge on any atom is 0.307 e. The zero-order valence-corrected chi connectivity index (χ0v) is 9.67. The second kappa shape index (κ2) is 5.31. The molecule has 0 saturated heterocycles. The number of aromatic nitrogens is 1. The van der Waals surface area contributed by atoms with Gasteiger partial charge in [-0.25, -0.2) is 13.8 Å². The monoisotopic (exact) mass is 294 g/mol. The van der Waals surface area contributed by atoms with E-state index in [1.165, 1.54) is 0 Å². The summed E-state index contributed by atoms with van der Waals surface area (Å²) in [5.41, 5.74) is 5.23. The molecular weight excluding hydrogens is 286 g/mol. The molecule has 0 spiro atoms. The minimum atomic E-state index is -2.72. The first-order chi connectivity index (χ1) is 7.45. The fourth-order valence-corrected chi connectivity index (χ4v) is 1.69. The van der Waals surface area contributed by atoms with E-state index < -0.39 is 12.4 Å². The first-order valence-electron chi connectivity index (χ1n) is 4.34. The predicted octanol–water partition coefficient (Wildman–Crippen LogP) is 1.87. The summed E-state index contributed by atoms with van der Waals surface area (Å²) >= 11 is 3.02. The third kappa shape index (κ3) is 2.96. The van der Waals surface area contributed by atoms with Gasteiger partial charge in [-0.15, -0.1) is 0 Å². The van der Waals surface area contributed by atoms with E-state index in [2.05, 4.69) is 20.9 Å². The summed E-state index contributed by atoms with van der Waals surface area (Å²) in [6, 6.07) is 1.12. The number of carboxylic acid groups (broad SMARTS) is 1. The smallest absolute Gasteiger partial charge is 0.307 e. The molecule has 0 unspecified atom stereocenters. The molecule has 1 heterocycles. The third-order valence-corrected chi connectivity index (χ3v) is 2.62. The number of carboxylic acids is 1. The zero-order chi connectivity index (χ0) is 12.3. The standard InChI is InChI=1S/C9H9BrF2N2O2/c10-8-4(2-7(15)16)1-5(9(11)12)6(3-13)14-8/h1,9H,2-3,13H2,(H,15,16). The molecule has 7 heteroatoms. The van der Waals surface area contributed by atoms with Crippen LogP contribution in [0.4, 0.5) is 8.78 Å². The lowest BCUT2D eigenvalue weighted by Gasteiger charge is -2.09. The van der Waals surface area contributed by atoms with E-state index in [4.69, 9.17) is 10.8 Å². The highest BCUT2D eigenvalue weighted by Gasteiger charge is 2.17. The van der Waals surface area contributed by atoms with E-state index in [1.807, 2.05) is 0 Å². The van der Waals surface area contributed by atoms with Gasteiger partial charge in [0.05, 0.1) is 12.1 Å². The van der Waals surface area contributed by atoms with Gasteiger partial charge in [0.15, 0.2) is 0 Å². The van der Waals surface area contributed by atoms with E-state index in [0.29, 0.717) is 0 Å². The number of alkyl halides is 2. The highest BCUT2D eigenvalue weighted by Crippen LogP contribution is 2.26. The van der Waals surface area contributed by atoms with Crippen LogP contribution in [0.1, 0.15) is 23.2 Å². The molecule has 88 valence electrons. The number of pyridine rings is 1. The lowest BCUT2D eigenvalue weighted by atomic mass is 10.1. The van der Waals surface area contributed by atoms with Crippen molar-refractivity contribution in [3.63, 3.8) is 0 Å². The molecule has 1 rings (SSSR count). The Morgan fingerprint density at radius 1 is 1.62 bits per heavy atom. The second-order valence-corrected chi connectivity index (χ2v) is 3.80. The summed E-state index contributed by atoms with van der Waals surface area (Å²) < 4.78 is 25.4. The van der Waals surface area contributed by atoms with Crippen molar-refractivity contribution in [3.05, 3.63) is 27.5 Å². The van der Waals surface area contributed by atoms with Crippen LogP contribution >= 0.6 is 15.9 Å². The molecule has 0 fully saturated rings. The van der Waals surface area contributed by atoms with Crippen LogP contribution in [0.3, 0.4) is 0 Å². The summed E-state index contributed by atoms with van der Waals surface area (Å²) in [5.74, 6) is -1.11. The minimum absolute atomic E-state index is 0.0658. The molecule has 0 bridgehead atoms. The highest BCUT2D eigenvalue weighted by atomic mass is 79.9. The third-order valence-electron chi connectivity index (χ3n) is 1.93. The summed E-state index contributed by atoms with van der Waals surface area (Å²) in [5, 5.41) is 8.59. The van der Waals surface area contributed by atoms with Crippen molar-refractivity contribution in [2.24, 2.45) is 5.73 Å². The molecule has 0 aliphatic heterocycles. The van der Waals surface area contributed by atoms with Crippen LogP contribution in [0.25, 0.3) is 0 Å². The van der Waals surface area contributed by atoms with Crippen molar-refractivity contribution in [1.29, 1.82) is 0 Å². The fourth-order valence-electron chi connectivity index (χ4n) is 1.22. The van der Waals surface area contributed by atoms with Gasteiger partial charge in [-0.3, -0.25) is 4.79 Å². The molecule has 0 aliphatic carbocycles. The molecule has 3 N–H and O–H groups in total. The number of hydrogen-bond acceptors (Lipinski definition) is 3. The lowest BCUT2D eigenvalue weighted by molar-refractivity contribution is -0.136. The molecule has 0 amide bonds. The number of nitrogens with zero attached hydrogens (tertiary/aromatic N) is 1. The Balaban J connectivity index is 3.21. The van der Waals surface area contributed by atoms with E-state index >= 15 is 0 Å². The van der Waals surface area contributed by atoms with Crippen LogP contribution in [0.5, 0.6) is 0 Å². The molecule has 0 aliphatic rings. The topological polar surface area (TPSA) is 76.2 Å². The number of aliphatic carboxylic acids is 1. The second-order valence-electron chi connectivity index (χ2n) is 3.05. The first kappa shape index (κ1) is 13.0. The quantitative estimate of drug-likeness (QED) is 0.831. The van der Waals surface area contributed by atoms with Gasteiger partial charge in [0.2, 0.25) is 0 Å². The molecule has 16 heavy (non-hydrogen) atoms. The van der Waals surface area contributed by atoms with Gasteiger partial charge in [-0.2, -0.15) is 0 Å². The Hall–Kier alpha value is -1.08. The SMILES string of the molecule is NCc1nc(Br)c(CC(=O)O)cc1C(F)F. The first-order valence-corrected chi connectivity index (χ1v) is 5.13. The fraction of sp³-hybridized carbons (Fsp3) is 0.333. The summed E-state index contributed by atoms with van der Waals surface area (Å²) in [4.78, 5) is 14.3. The summed E-state index contributed by atoms with van der Waals surface area (Å²) in [6.45, 7) is -0.119. The van der Waals surface area contributed by atoms with Crippen molar-refractivity contribution in [3.8, 4) is 0 Å². The maximum absolute atomic E-state index is 12.6. The Morgan fingerprint density at radius 2 is 2.25 bits per heavy atom. The van der Waals surface area contributed by atoms with Crippen molar-refractivity contribution >= 4 is 21.9 Å². The van der Waals surface area contributed by atoms with Crippen molar-refractivity contribution < 1.29 is 18.7 Å². The highest BCUT2D eigenvalue weighted by molar-refractivity contribution is 9.10. The van der Waals surface area contributed by atoms with Crippen LogP contribution in [0, 0.1) is 0 Å². The summed E-state index contributed by atoms with van der Waals surface area (Å²) in [7, 11) is 0. The van der Waals surface area contributed by atoms with E-state index in [9.17, 15) is 13.6 Å². The Labute approximate surface area is 98.6 Å². The number of hydrogen-bond donors (Lipinski definition) is 2. The van der Waals surface area contributed by atoms with Gasteiger partial charge >= 0.3 is 5.97 Å². The molecule has 0 atom stereocenters. The van der Waals surface area contributed by atoms with E-state index in [0.717, 1.165) is 6.07 Å². The molecule has 4 nitrogen and oxygen atoms in total. The van der Waals surface area contributed by atoms with E-state index in [1.54, 1.807) is 0 Å². The van der Waals surface area contributed by atoms with Crippen molar-refractivity contribution in [2.75, 3.05) is 0 Å². The maximum atomic E-state index is 12.6. The van der Waals surface area contributed by atoms with Gasteiger partial charge in [0.1, 0.15) is 4.60 Å². The van der Waals surface area contributed by atoms with Crippen LogP contribution in [0.2, 0.25) is 0 Å². The van der Waals surface area contributed by atoms with Crippen LogP contribution in [-0.4, -0.2) is 16.1 Å². The van der Waals surface area contributed by atoms with Crippen molar-refractivity contribution in [1.82, 2.24) is 4.98 Å². The predicted molar refractivity (Wildman–Crippen MR) is 56.1 cm³/mol. The van der Waals surface area contributed by atoms with Gasteiger partial charge in [-0.1, -0.05) is 0 Å². The Bertz CT molecular complexity index is 413. The minimum Gasteiger partial charge on any atom is -0.481 e. The summed E-state index contributed by atoms with van der Waals surface area (Å²) in [6.07, 6.45) is -3.08. The Morgan fingerprint density at radius 3 is 2.69 bits per heavy atom. The van der Waals surface area contributed by atoms with Gasteiger partial charge in [0, 0.05) is 12.1 Å². The molecular formula is C9H9BrF2N2O2. The number of rotatable bonds is 4. The molecule has 1 aromatic heterocycles. The van der Waals surface area contributed by atoms with Crippen LogP contribution in [-0.2, 0) is 17.8 Å². The van der Waals surface area contributed by atoms with Crippen LogP contribution in [0.15, 0.2) is 10.7 Å². The number of halogens is 3. The molecule has 0 radical (unpaired) electrons. The molecule has 1 aromatic rings. The zero-order valence-electron chi connectivity index (χ0n) is 8.08. The molecule has 0 aromatic carbocycles. The van der Waals surface area contributed by atoms with Crippen molar-refractivity contribution in [2.45, 2.75) is 19.4 Å². The number of carbonyl (C=O) groups is 1. The lowest BCUT2D eigenvalue weighted by Crippen LogP contribution is -2.09. The average molecular weight is 295 g/mol. The van der Waals surface area contributed by atoms with Crippen LogP contribution < -0.4 is 5.73 Å². The molecule has 0 saturated carbocycles. The van der Waals surface area contributed by atoms with E-state index in [-0.39, 0.29) is 34.4 Å². The van der Waals surface area contributed by atoms with Gasteiger partial charge in [-0.05, 0) is 27.6 Å². The largest absolute Gasteiger partial charge is 0.481 e. The van der Waals surface area contributed by atoms with Gasteiger partial charge < -0.3 is 10.8 Å².